The molecular weight excluding hydrogens is 1420 g/mol. The molecule has 8 amide bonds. The molecule has 2 aliphatic heterocycles. The Morgan fingerprint density at radius 3 is 0.811 bits per heavy atom. The number of carbonyl (C=O) groups is 9. The standard InChI is InChI=1S/C82H111BrN8O15/c1-40-22-52-69(93)53(23-40)74(96)85-61-35-65(49(10)31-45(61)6)89-78(100)57-27-43(4)29-59-72(57)106-21-19-104-39-82(15,17-16-68(92)81(13,14)83)38-103-18-20-105-71-56(77(99)88-64-34-60(84-73(52)95)44(5)30-48(64)9)26-42(3)28-58(71)79(101)90-66-36-62(46(7)32-50(66)11)86-75(97)54-24-41(2)25-55(70(54)94)76(98)87-63-37-67(91-80(59)102)51(12)33-47(63)8/h22-29,44-51,60-67,93-94H,16-21,30-39H2,1-15H3,(H,84,95)(H,85,96)(H,86,97)(H,87,98)(H,88,99)(H,89,100)(H,90,101)(H,91,102). The minimum absolute atomic E-state index is 0.0141. The summed E-state index contributed by atoms with van der Waals surface area (Å²) in [5, 5.41) is 49.5. The van der Waals surface area contributed by atoms with Gasteiger partial charge in [0, 0.05) is 60.2 Å². The zero-order valence-electron chi connectivity index (χ0n) is 64.2. The summed E-state index contributed by atoms with van der Waals surface area (Å²) in [5.41, 5.74) is 1.29. The molecule has 6 aliphatic rings. The van der Waals surface area contributed by atoms with Crippen LogP contribution in [0, 0.1) is 80.5 Å². The second-order valence-corrected chi connectivity index (χ2v) is 35.1. The molecule has 16 unspecified atom stereocenters. The maximum atomic E-state index is 15.2. The minimum Gasteiger partial charge on any atom is -0.506 e. The Kier molecular flexibility index (Phi) is 25.5. The highest BCUT2D eigenvalue weighted by molar-refractivity contribution is 9.10. The minimum atomic E-state index is -0.817. The molecule has 4 fully saturated rings. The number of ketones is 1. The fourth-order valence-electron chi connectivity index (χ4n) is 16.9. The van der Waals surface area contributed by atoms with Crippen molar-refractivity contribution in [3.8, 4) is 23.0 Å². The largest absolute Gasteiger partial charge is 0.506 e. The number of ether oxygens (including phenoxy) is 4. The number of alkyl halides is 1. The van der Waals surface area contributed by atoms with Crippen LogP contribution in [0.15, 0.2) is 48.5 Å². The third-order valence-corrected chi connectivity index (χ3v) is 23.9. The van der Waals surface area contributed by atoms with Gasteiger partial charge in [-0.3, -0.25) is 43.2 Å². The van der Waals surface area contributed by atoms with E-state index in [0.29, 0.717) is 54.4 Å². The van der Waals surface area contributed by atoms with Gasteiger partial charge in [0.15, 0.2) is 0 Å². The van der Waals surface area contributed by atoms with Crippen molar-refractivity contribution in [3.05, 3.63) is 115 Å². The normalized spacial score (nSPS) is 30.8. The predicted octanol–water partition coefficient (Wildman–Crippen LogP) is 10.8. The summed E-state index contributed by atoms with van der Waals surface area (Å²) in [4.78, 5) is 133. The number of benzene rings is 4. The summed E-state index contributed by atoms with van der Waals surface area (Å²) in [5.74, 6) is -6.45. The van der Waals surface area contributed by atoms with Gasteiger partial charge in [-0.15, -0.1) is 0 Å². The fourth-order valence-corrected chi connectivity index (χ4v) is 17.1. The van der Waals surface area contributed by atoms with E-state index in [0.717, 1.165) is 0 Å². The van der Waals surface area contributed by atoms with E-state index in [1.165, 1.54) is 24.3 Å². The maximum Gasteiger partial charge on any atom is 0.255 e. The Balaban J connectivity index is 1.08. The van der Waals surface area contributed by atoms with Gasteiger partial charge in [0.25, 0.3) is 47.3 Å². The van der Waals surface area contributed by atoms with Crippen molar-refractivity contribution in [1.82, 2.24) is 42.5 Å². The van der Waals surface area contributed by atoms with Crippen LogP contribution in [0.2, 0.25) is 0 Å². The third-order valence-electron chi connectivity index (χ3n) is 23.4. The first-order valence-electron chi connectivity index (χ1n) is 38.0. The number of aromatic hydroxyl groups is 2. The van der Waals surface area contributed by atoms with E-state index in [9.17, 15) is 34.2 Å². The van der Waals surface area contributed by atoms with Crippen molar-refractivity contribution in [1.29, 1.82) is 0 Å². The number of hydrogen-bond acceptors (Lipinski definition) is 15. The summed E-state index contributed by atoms with van der Waals surface area (Å²) >= 11 is 3.54. The number of Topliss-reactive ketones (excluding diaryl/α,β-unsaturated/α-hetero) is 1. The van der Waals surface area contributed by atoms with Crippen LogP contribution in [0.5, 0.6) is 23.0 Å². The average Bonchev–Trinajstić information content (AvgIpc) is 0.804. The van der Waals surface area contributed by atoms with Crippen LogP contribution in [0.4, 0.5) is 0 Å². The van der Waals surface area contributed by atoms with Crippen LogP contribution in [-0.4, -0.2) is 156 Å². The lowest BCUT2D eigenvalue weighted by Gasteiger charge is -2.40. The Morgan fingerprint density at radius 1 is 0.387 bits per heavy atom. The lowest BCUT2D eigenvalue weighted by atomic mass is 9.76. The van der Waals surface area contributed by atoms with Crippen molar-refractivity contribution in [2.24, 2.45) is 52.8 Å². The zero-order chi connectivity index (χ0) is 77.1. The molecule has 0 saturated heterocycles. The van der Waals surface area contributed by atoms with Crippen molar-refractivity contribution >= 4 is 69.0 Å². The number of fused-ring (bicyclic) bond motifs is 22. The highest BCUT2D eigenvalue weighted by Crippen LogP contribution is 2.39. The number of carbonyl (C=O) groups excluding carboxylic acids is 9. The monoisotopic (exact) mass is 1530 g/mol. The number of rotatable bonds is 4. The van der Waals surface area contributed by atoms with E-state index in [-0.39, 0.29) is 181 Å². The lowest BCUT2D eigenvalue weighted by molar-refractivity contribution is -0.121. The molecule has 10 N–H and O–H groups in total. The molecule has 4 aromatic rings. The molecule has 576 valence electrons. The third kappa shape index (κ3) is 18.9. The SMILES string of the molecule is Cc1cc2c(O)c(c1)C(=O)NC1CC(NC(=O)c3cc(C)cc4c3OCCOCC(C)(CCC(=O)C(C)(C)Br)COCCOc3c(cc(C)cc3C(=O)NC3CC(NC(=O)c5cc(C)cc(c5O)C(=O)NC5CC(NC4=O)C(C)CC5C)C(C)CC3C)C(=O)NC3CC(NC2=O)C(C)CC3C)C(C)CC1C. The first kappa shape index (κ1) is 80.5. The topological polar surface area (TPSA) is 327 Å². The number of phenolic OH excluding ortho intramolecular Hbond substituents is 2. The molecule has 10 rings (SSSR count). The van der Waals surface area contributed by atoms with Crippen LogP contribution in [0.25, 0.3) is 0 Å². The van der Waals surface area contributed by atoms with Gasteiger partial charge in [-0.05, 0) is 217 Å². The molecule has 0 aromatic heterocycles. The number of phenols is 2. The zero-order valence-corrected chi connectivity index (χ0v) is 65.8. The molecule has 23 nitrogen and oxygen atoms in total. The number of amides is 8. The van der Waals surface area contributed by atoms with Crippen LogP contribution >= 0.6 is 15.9 Å². The number of halogens is 1. The molecule has 0 spiro atoms. The van der Waals surface area contributed by atoms with Crippen molar-refractivity contribution in [2.75, 3.05) is 39.6 Å². The Hall–Kier alpha value is -8.09. The first-order valence-corrected chi connectivity index (χ1v) is 38.8. The Labute approximate surface area is 631 Å². The van der Waals surface area contributed by atoms with Gasteiger partial charge in [0.05, 0.1) is 75.3 Å². The highest BCUT2D eigenvalue weighted by atomic mass is 79.9. The average molecular weight is 1530 g/mol. The molecular formula is C82H111BrN8O15. The van der Waals surface area contributed by atoms with Crippen molar-refractivity contribution in [2.45, 2.75) is 221 Å². The second-order valence-electron chi connectivity index (χ2n) is 33.1. The van der Waals surface area contributed by atoms with Gasteiger partial charge in [0.1, 0.15) is 42.0 Å². The van der Waals surface area contributed by atoms with Gasteiger partial charge >= 0.3 is 0 Å². The summed E-state index contributed by atoms with van der Waals surface area (Å²) in [6, 6.07) is 8.63. The first-order chi connectivity index (χ1) is 49.9. The smallest absolute Gasteiger partial charge is 0.255 e. The Morgan fingerprint density at radius 2 is 0.594 bits per heavy atom. The quantitative estimate of drug-likeness (QED) is 0.0849. The van der Waals surface area contributed by atoms with Gasteiger partial charge in [-0.1, -0.05) is 78.2 Å². The molecule has 4 saturated carbocycles. The van der Waals surface area contributed by atoms with E-state index < -0.39 is 117 Å². The molecule has 14 bridgehead atoms. The maximum absolute atomic E-state index is 15.2. The van der Waals surface area contributed by atoms with Crippen molar-refractivity contribution in [3.63, 3.8) is 0 Å². The molecule has 4 aromatic carbocycles. The molecule has 2 heterocycles. The number of aryl methyl sites for hydroxylation is 4. The fraction of sp³-hybridized carbons (Fsp3) is 0.598. The van der Waals surface area contributed by atoms with Crippen LogP contribution in [-0.2, 0) is 14.3 Å². The van der Waals surface area contributed by atoms with Gasteiger partial charge in [0.2, 0.25) is 0 Å². The van der Waals surface area contributed by atoms with E-state index in [2.05, 4.69) is 58.5 Å². The Bertz CT molecular complexity index is 3580. The van der Waals surface area contributed by atoms with Crippen LogP contribution in [0.1, 0.15) is 245 Å². The molecule has 106 heavy (non-hydrogen) atoms. The summed E-state index contributed by atoms with van der Waals surface area (Å²) in [6.07, 6.45) is 3.96. The van der Waals surface area contributed by atoms with E-state index in [1.54, 1.807) is 65.8 Å². The molecule has 16 atom stereocenters. The summed E-state index contributed by atoms with van der Waals surface area (Å²) in [6.45, 7) is 28.4. The van der Waals surface area contributed by atoms with Gasteiger partial charge < -0.3 is 71.7 Å². The lowest BCUT2D eigenvalue weighted by Crippen LogP contribution is -2.53. The van der Waals surface area contributed by atoms with Crippen LogP contribution in [0.3, 0.4) is 0 Å². The van der Waals surface area contributed by atoms with Crippen LogP contribution < -0.4 is 52.0 Å². The van der Waals surface area contributed by atoms with Gasteiger partial charge in [-0.25, -0.2) is 0 Å². The highest BCUT2D eigenvalue weighted by Gasteiger charge is 2.43. The van der Waals surface area contributed by atoms with Crippen molar-refractivity contribution < 1.29 is 72.3 Å². The molecule has 0 radical (unpaired) electrons. The van der Waals surface area contributed by atoms with Gasteiger partial charge in [-0.2, -0.15) is 0 Å². The van der Waals surface area contributed by atoms with E-state index >= 15 is 19.2 Å². The number of hydrogen-bond donors (Lipinski definition) is 10. The van der Waals surface area contributed by atoms with E-state index in [4.69, 9.17) is 18.9 Å². The second kappa shape index (κ2) is 33.6. The van der Waals surface area contributed by atoms with E-state index in [1.807, 2.05) is 62.3 Å². The molecule has 4 aliphatic carbocycles. The summed E-state index contributed by atoms with van der Waals surface area (Å²) < 4.78 is 25.4. The summed E-state index contributed by atoms with van der Waals surface area (Å²) in [7, 11) is 0. The number of nitrogens with one attached hydrogen (secondary N) is 8. The molecule has 24 heteroatoms. The predicted molar refractivity (Wildman–Crippen MR) is 406 cm³/mol.